The van der Waals surface area contributed by atoms with E-state index in [1.54, 1.807) is 11.1 Å². The zero-order valence-electron chi connectivity index (χ0n) is 33.6. The van der Waals surface area contributed by atoms with Crippen molar-refractivity contribution in [1.29, 1.82) is 0 Å². The third kappa shape index (κ3) is 5.00. The maximum absolute atomic E-state index is 5.36. The summed E-state index contributed by atoms with van der Waals surface area (Å²) < 4.78 is 0. The Labute approximate surface area is 351 Å². The zero-order valence-corrected chi connectivity index (χ0v) is 33.6. The molecule has 5 aliphatic rings. The highest BCUT2D eigenvalue weighted by Gasteiger charge is 2.61. The van der Waals surface area contributed by atoms with Crippen LogP contribution in [0.2, 0.25) is 0 Å². The van der Waals surface area contributed by atoms with Crippen molar-refractivity contribution in [1.82, 2.24) is 9.97 Å². The smallest absolute Gasteiger partial charge is 0.160 e. The second-order valence-corrected chi connectivity index (χ2v) is 18.1. The maximum Gasteiger partial charge on any atom is 0.160 e. The van der Waals surface area contributed by atoms with Crippen LogP contribution in [0.15, 0.2) is 182 Å². The van der Waals surface area contributed by atoms with E-state index in [0.29, 0.717) is 11.8 Å². The Hall–Kier alpha value is -6.64. The van der Waals surface area contributed by atoms with Crippen LogP contribution in [0.1, 0.15) is 43.2 Å². The van der Waals surface area contributed by atoms with E-state index < -0.39 is 0 Å². The van der Waals surface area contributed by atoms with Gasteiger partial charge in [-0.1, -0.05) is 164 Å². The van der Waals surface area contributed by atoms with E-state index in [2.05, 4.69) is 182 Å². The number of benzene rings is 8. The summed E-state index contributed by atoms with van der Waals surface area (Å²) in [6.07, 6.45) is 6.97. The molecule has 1 aromatic heterocycles. The van der Waals surface area contributed by atoms with Gasteiger partial charge in [-0.25, -0.2) is 9.97 Å². The molecular weight excluding hydrogens is 725 g/mol. The highest BCUT2D eigenvalue weighted by molar-refractivity contribution is 6.09. The minimum atomic E-state index is 0.0924. The molecule has 5 aliphatic carbocycles. The average molecular weight is 769 g/mol. The van der Waals surface area contributed by atoms with Crippen LogP contribution in [0, 0.1) is 23.7 Å². The number of rotatable bonds is 5. The van der Waals surface area contributed by atoms with Gasteiger partial charge in [-0.2, -0.15) is 0 Å². The third-order valence-corrected chi connectivity index (χ3v) is 15.1. The van der Waals surface area contributed by atoms with Crippen molar-refractivity contribution in [2.75, 3.05) is 0 Å². The Bertz CT molecular complexity index is 3130. The summed E-state index contributed by atoms with van der Waals surface area (Å²) in [5.74, 6) is 3.96. The van der Waals surface area contributed by atoms with Crippen molar-refractivity contribution in [3.8, 4) is 67.3 Å². The van der Waals surface area contributed by atoms with Crippen LogP contribution in [-0.4, -0.2) is 9.97 Å². The number of fused-ring (bicyclic) bond motifs is 5. The Morgan fingerprint density at radius 3 is 1.63 bits per heavy atom. The molecule has 1 heterocycles. The molecule has 286 valence electrons. The molecule has 4 bridgehead atoms. The lowest BCUT2D eigenvalue weighted by Crippen LogP contribution is -2.55. The van der Waals surface area contributed by atoms with E-state index in [1.807, 2.05) is 0 Å². The molecule has 0 amide bonds. The molecule has 1 spiro atoms. The van der Waals surface area contributed by atoms with Crippen molar-refractivity contribution in [3.63, 3.8) is 0 Å². The van der Waals surface area contributed by atoms with Gasteiger partial charge in [0.1, 0.15) is 0 Å². The van der Waals surface area contributed by atoms with Gasteiger partial charge in [0.15, 0.2) is 5.82 Å². The summed E-state index contributed by atoms with van der Waals surface area (Å²) in [6.45, 7) is 0. The molecule has 8 aromatic carbocycles. The molecule has 0 atom stereocenters. The molecule has 4 fully saturated rings. The van der Waals surface area contributed by atoms with Crippen LogP contribution in [0.5, 0.6) is 0 Å². The van der Waals surface area contributed by atoms with Gasteiger partial charge in [0, 0.05) is 22.1 Å². The van der Waals surface area contributed by atoms with Gasteiger partial charge in [-0.3, -0.25) is 0 Å². The van der Waals surface area contributed by atoms with Crippen LogP contribution < -0.4 is 0 Å². The Morgan fingerprint density at radius 1 is 0.367 bits per heavy atom. The van der Waals surface area contributed by atoms with Gasteiger partial charge in [0.05, 0.1) is 11.4 Å². The summed E-state index contributed by atoms with van der Waals surface area (Å²) >= 11 is 0. The Kier molecular flexibility index (Phi) is 7.52. The van der Waals surface area contributed by atoms with E-state index in [0.717, 1.165) is 51.3 Å². The van der Waals surface area contributed by atoms with Crippen molar-refractivity contribution >= 4 is 21.5 Å². The van der Waals surface area contributed by atoms with E-state index in [1.165, 1.54) is 81.5 Å². The first-order valence-electron chi connectivity index (χ1n) is 22.0. The van der Waals surface area contributed by atoms with Gasteiger partial charge in [-0.15, -0.1) is 0 Å². The molecular formula is C58H44N2. The molecule has 0 radical (unpaired) electrons. The quantitative estimate of drug-likeness (QED) is 0.174. The van der Waals surface area contributed by atoms with Crippen LogP contribution in [-0.2, 0) is 5.41 Å². The lowest BCUT2D eigenvalue weighted by atomic mass is 9.43. The molecule has 9 aromatic rings. The molecule has 0 aliphatic heterocycles. The number of aromatic nitrogens is 2. The standard InChI is InChI=1S/C58H44N2/c1-3-14-38(15-4-1)44-20-9-12-23-48(44)54-35-55(60-57(59-54)39-16-5-2-6-17-39)49-27-26-47(45-21-10-11-22-46(45)49)50-24-13-25-52-56(50)51-33-40-18-7-8-19-41(40)34-53(51)58(52)42-29-36-28-37(31-42)32-43(58)30-36/h1-27,33-37,42-43H,28-32H2. The van der Waals surface area contributed by atoms with Crippen LogP contribution in [0.25, 0.3) is 88.8 Å². The topological polar surface area (TPSA) is 25.8 Å². The number of hydrogen-bond acceptors (Lipinski definition) is 2. The number of hydrogen-bond donors (Lipinski definition) is 0. The normalized spacial score (nSPS) is 22.1. The van der Waals surface area contributed by atoms with E-state index in [9.17, 15) is 0 Å². The molecule has 0 unspecified atom stereocenters. The van der Waals surface area contributed by atoms with E-state index in [4.69, 9.17) is 9.97 Å². The second kappa shape index (κ2) is 13.2. The highest BCUT2D eigenvalue weighted by Crippen LogP contribution is 2.70. The molecule has 60 heavy (non-hydrogen) atoms. The SMILES string of the molecule is c1ccc(-c2nc(-c3ccccc3-c3ccccc3)cc(-c3ccc(-c4cccc5c4-c4cc6ccccc6cc4C54C5CC6CC(C5)CC4C6)c4ccccc34)n2)cc1. The molecule has 2 heteroatoms. The summed E-state index contributed by atoms with van der Waals surface area (Å²) in [5.41, 5.74) is 16.2. The summed E-state index contributed by atoms with van der Waals surface area (Å²) in [5, 5.41) is 5.16. The largest absolute Gasteiger partial charge is 0.228 e. The van der Waals surface area contributed by atoms with Crippen molar-refractivity contribution < 1.29 is 0 Å². The van der Waals surface area contributed by atoms with Crippen molar-refractivity contribution in [2.45, 2.75) is 37.5 Å². The molecule has 0 saturated heterocycles. The fraction of sp³-hybridized carbons (Fsp3) is 0.172. The van der Waals surface area contributed by atoms with Crippen LogP contribution >= 0.6 is 0 Å². The van der Waals surface area contributed by atoms with Gasteiger partial charge < -0.3 is 0 Å². The third-order valence-electron chi connectivity index (χ3n) is 15.1. The molecule has 14 rings (SSSR count). The minimum Gasteiger partial charge on any atom is -0.228 e. The van der Waals surface area contributed by atoms with Gasteiger partial charge in [-0.05, 0) is 140 Å². The Morgan fingerprint density at radius 2 is 0.917 bits per heavy atom. The minimum absolute atomic E-state index is 0.0924. The van der Waals surface area contributed by atoms with E-state index >= 15 is 0 Å². The first kappa shape index (κ1) is 34.2. The first-order valence-corrected chi connectivity index (χ1v) is 22.0. The second-order valence-electron chi connectivity index (χ2n) is 18.1. The Balaban J connectivity index is 1.02. The monoisotopic (exact) mass is 768 g/mol. The zero-order chi connectivity index (χ0) is 39.4. The average Bonchev–Trinajstić information content (AvgIpc) is 3.59. The summed E-state index contributed by atoms with van der Waals surface area (Å²) in [7, 11) is 0. The van der Waals surface area contributed by atoms with Crippen molar-refractivity contribution in [2.24, 2.45) is 23.7 Å². The summed E-state index contributed by atoms with van der Waals surface area (Å²) in [4.78, 5) is 10.6. The molecule has 0 N–H and O–H groups in total. The maximum atomic E-state index is 5.36. The highest BCUT2D eigenvalue weighted by atomic mass is 14.9. The predicted molar refractivity (Wildman–Crippen MR) is 247 cm³/mol. The van der Waals surface area contributed by atoms with Crippen LogP contribution in [0.3, 0.4) is 0 Å². The summed E-state index contributed by atoms with van der Waals surface area (Å²) in [6, 6.07) is 67.1. The van der Waals surface area contributed by atoms with Crippen molar-refractivity contribution in [3.05, 3.63) is 193 Å². The van der Waals surface area contributed by atoms with Gasteiger partial charge in [0.25, 0.3) is 0 Å². The lowest BCUT2D eigenvalue weighted by molar-refractivity contribution is -0.0398. The number of nitrogens with zero attached hydrogens (tertiary/aromatic N) is 2. The van der Waals surface area contributed by atoms with Gasteiger partial charge >= 0.3 is 0 Å². The van der Waals surface area contributed by atoms with Crippen LogP contribution in [0.4, 0.5) is 0 Å². The first-order chi connectivity index (χ1) is 29.7. The molecule has 4 saturated carbocycles. The lowest BCUT2D eigenvalue weighted by Gasteiger charge is -2.61. The van der Waals surface area contributed by atoms with E-state index in [-0.39, 0.29) is 5.41 Å². The predicted octanol–water partition coefficient (Wildman–Crippen LogP) is 14.8. The van der Waals surface area contributed by atoms with Gasteiger partial charge in [0.2, 0.25) is 0 Å². The fourth-order valence-electron chi connectivity index (χ4n) is 12.9. The molecule has 2 nitrogen and oxygen atoms in total. The fourth-order valence-corrected chi connectivity index (χ4v) is 12.9.